The maximum Gasteiger partial charge on any atom is 0.234 e. The van der Waals surface area contributed by atoms with E-state index in [9.17, 15) is 4.79 Å². The van der Waals surface area contributed by atoms with Gasteiger partial charge in [-0.05, 0) is 42.6 Å². The zero-order valence-corrected chi connectivity index (χ0v) is 13.8. The van der Waals surface area contributed by atoms with E-state index < -0.39 is 0 Å². The van der Waals surface area contributed by atoms with E-state index in [1.54, 1.807) is 0 Å². The van der Waals surface area contributed by atoms with Crippen LogP contribution < -0.4 is 5.32 Å². The number of rotatable bonds is 5. The standard InChI is InChI=1S/C19H21ClN2O/c20-17-10-8-15(9-11-17)13-21-19(23)14-22-12-4-7-18(22)16-5-2-1-3-6-16/h1-3,5-6,8-11,18H,4,7,12-14H2,(H,21,23)/t18-/m1/s1. The van der Waals surface area contributed by atoms with Crippen LogP contribution in [0.5, 0.6) is 0 Å². The number of nitrogens with one attached hydrogen (secondary N) is 1. The lowest BCUT2D eigenvalue weighted by Gasteiger charge is -2.24. The number of hydrogen-bond acceptors (Lipinski definition) is 2. The van der Waals surface area contributed by atoms with Crippen molar-refractivity contribution in [3.05, 3.63) is 70.7 Å². The molecule has 0 radical (unpaired) electrons. The Labute approximate surface area is 142 Å². The van der Waals surface area contributed by atoms with Gasteiger partial charge in [-0.15, -0.1) is 0 Å². The second kappa shape index (κ2) is 7.62. The van der Waals surface area contributed by atoms with Gasteiger partial charge in [-0.25, -0.2) is 0 Å². The highest BCUT2D eigenvalue weighted by Crippen LogP contribution is 2.31. The van der Waals surface area contributed by atoms with E-state index in [1.165, 1.54) is 5.56 Å². The number of likely N-dealkylation sites (tertiary alicyclic amines) is 1. The number of benzene rings is 2. The van der Waals surface area contributed by atoms with E-state index in [4.69, 9.17) is 11.6 Å². The van der Waals surface area contributed by atoms with Crippen molar-refractivity contribution in [3.63, 3.8) is 0 Å². The minimum absolute atomic E-state index is 0.0720. The van der Waals surface area contributed by atoms with Gasteiger partial charge in [0.25, 0.3) is 0 Å². The third kappa shape index (κ3) is 4.34. The van der Waals surface area contributed by atoms with E-state index >= 15 is 0 Å². The first kappa shape index (κ1) is 16.0. The topological polar surface area (TPSA) is 32.3 Å². The quantitative estimate of drug-likeness (QED) is 0.905. The van der Waals surface area contributed by atoms with Crippen molar-refractivity contribution in [2.75, 3.05) is 13.1 Å². The van der Waals surface area contributed by atoms with Gasteiger partial charge in [0.2, 0.25) is 5.91 Å². The van der Waals surface area contributed by atoms with Crippen LogP contribution in [0, 0.1) is 0 Å². The SMILES string of the molecule is O=C(CN1CCC[C@@H]1c1ccccc1)NCc1ccc(Cl)cc1. The van der Waals surface area contributed by atoms with Crippen LogP contribution in [0.3, 0.4) is 0 Å². The summed E-state index contributed by atoms with van der Waals surface area (Å²) in [4.78, 5) is 14.5. The number of hydrogen-bond donors (Lipinski definition) is 1. The van der Waals surface area contributed by atoms with Gasteiger partial charge in [0.15, 0.2) is 0 Å². The van der Waals surface area contributed by atoms with Gasteiger partial charge in [-0.2, -0.15) is 0 Å². The van der Waals surface area contributed by atoms with Crippen LogP contribution in [0.15, 0.2) is 54.6 Å². The van der Waals surface area contributed by atoms with Crippen LogP contribution in [-0.2, 0) is 11.3 Å². The summed E-state index contributed by atoms with van der Waals surface area (Å²) in [7, 11) is 0. The fourth-order valence-corrected chi connectivity index (χ4v) is 3.24. The molecule has 4 heteroatoms. The Bertz CT molecular complexity index is 642. The van der Waals surface area contributed by atoms with Crippen molar-refractivity contribution in [1.29, 1.82) is 0 Å². The summed E-state index contributed by atoms with van der Waals surface area (Å²) in [6.07, 6.45) is 2.26. The number of carbonyl (C=O) groups excluding carboxylic acids is 1. The summed E-state index contributed by atoms with van der Waals surface area (Å²) in [6.45, 7) is 1.97. The first-order valence-corrected chi connectivity index (χ1v) is 8.40. The summed E-state index contributed by atoms with van der Waals surface area (Å²) >= 11 is 5.87. The Balaban J connectivity index is 1.53. The molecule has 1 aliphatic heterocycles. The molecular weight excluding hydrogens is 308 g/mol. The summed E-state index contributed by atoms with van der Waals surface area (Å²) in [5.74, 6) is 0.0720. The molecule has 0 bridgehead atoms. The second-order valence-corrected chi connectivity index (χ2v) is 6.38. The summed E-state index contributed by atoms with van der Waals surface area (Å²) in [5.41, 5.74) is 2.36. The molecule has 1 N–H and O–H groups in total. The Morgan fingerprint density at radius 1 is 1.13 bits per heavy atom. The van der Waals surface area contributed by atoms with Crippen molar-refractivity contribution in [2.45, 2.75) is 25.4 Å². The van der Waals surface area contributed by atoms with Crippen LogP contribution in [0.25, 0.3) is 0 Å². The van der Waals surface area contributed by atoms with Gasteiger partial charge < -0.3 is 5.32 Å². The summed E-state index contributed by atoms with van der Waals surface area (Å²) in [5, 5.41) is 3.70. The third-order valence-corrected chi connectivity index (χ3v) is 4.55. The van der Waals surface area contributed by atoms with Crippen LogP contribution >= 0.6 is 11.6 Å². The van der Waals surface area contributed by atoms with E-state index in [1.807, 2.05) is 30.3 Å². The van der Waals surface area contributed by atoms with Crippen molar-refractivity contribution in [1.82, 2.24) is 10.2 Å². The van der Waals surface area contributed by atoms with E-state index in [0.717, 1.165) is 24.9 Å². The van der Waals surface area contributed by atoms with Gasteiger partial charge in [0.1, 0.15) is 0 Å². The molecule has 2 aromatic rings. The maximum atomic E-state index is 12.2. The Morgan fingerprint density at radius 3 is 2.61 bits per heavy atom. The number of halogens is 1. The Kier molecular flexibility index (Phi) is 5.31. The fourth-order valence-electron chi connectivity index (χ4n) is 3.11. The highest BCUT2D eigenvalue weighted by atomic mass is 35.5. The van der Waals surface area contributed by atoms with Gasteiger partial charge in [-0.3, -0.25) is 9.69 Å². The van der Waals surface area contributed by atoms with Crippen molar-refractivity contribution in [3.8, 4) is 0 Å². The van der Waals surface area contributed by atoms with Gasteiger partial charge in [0.05, 0.1) is 6.54 Å². The monoisotopic (exact) mass is 328 g/mol. The molecular formula is C19H21ClN2O. The molecule has 3 rings (SSSR count). The smallest absolute Gasteiger partial charge is 0.234 e. The predicted octanol–water partition coefficient (Wildman–Crippen LogP) is 3.79. The van der Waals surface area contributed by atoms with Gasteiger partial charge in [0, 0.05) is 17.6 Å². The fraction of sp³-hybridized carbons (Fsp3) is 0.316. The molecule has 0 saturated carbocycles. The Morgan fingerprint density at radius 2 is 1.87 bits per heavy atom. The molecule has 1 amide bonds. The molecule has 1 aliphatic rings. The van der Waals surface area contributed by atoms with Crippen molar-refractivity contribution in [2.24, 2.45) is 0 Å². The van der Waals surface area contributed by atoms with Crippen LogP contribution in [0.2, 0.25) is 5.02 Å². The molecule has 0 aliphatic carbocycles. The highest BCUT2D eigenvalue weighted by molar-refractivity contribution is 6.30. The summed E-state index contributed by atoms with van der Waals surface area (Å²) < 4.78 is 0. The molecule has 1 atom stereocenters. The lowest BCUT2D eigenvalue weighted by molar-refractivity contribution is -0.122. The van der Waals surface area contributed by atoms with E-state index in [2.05, 4.69) is 34.5 Å². The minimum atomic E-state index is 0.0720. The maximum absolute atomic E-state index is 12.2. The molecule has 2 aromatic carbocycles. The van der Waals surface area contributed by atoms with Gasteiger partial charge >= 0.3 is 0 Å². The van der Waals surface area contributed by atoms with Crippen LogP contribution in [-0.4, -0.2) is 23.9 Å². The van der Waals surface area contributed by atoms with Crippen molar-refractivity contribution < 1.29 is 4.79 Å². The lowest BCUT2D eigenvalue weighted by atomic mass is 10.0. The minimum Gasteiger partial charge on any atom is -0.351 e. The highest BCUT2D eigenvalue weighted by Gasteiger charge is 2.27. The molecule has 0 spiro atoms. The van der Waals surface area contributed by atoms with E-state index in [0.29, 0.717) is 24.2 Å². The van der Waals surface area contributed by atoms with Crippen molar-refractivity contribution >= 4 is 17.5 Å². The molecule has 0 aromatic heterocycles. The zero-order valence-electron chi connectivity index (χ0n) is 13.0. The molecule has 3 nitrogen and oxygen atoms in total. The first-order valence-electron chi connectivity index (χ1n) is 8.02. The largest absolute Gasteiger partial charge is 0.351 e. The van der Waals surface area contributed by atoms with E-state index in [-0.39, 0.29) is 5.91 Å². The molecule has 0 unspecified atom stereocenters. The van der Waals surface area contributed by atoms with Crippen LogP contribution in [0.1, 0.15) is 30.0 Å². The predicted molar refractivity (Wildman–Crippen MR) is 93.3 cm³/mol. The first-order chi connectivity index (χ1) is 11.2. The molecule has 1 heterocycles. The number of nitrogens with zero attached hydrogens (tertiary/aromatic N) is 1. The molecule has 120 valence electrons. The second-order valence-electron chi connectivity index (χ2n) is 5.94. The number of amides is 1. The average Bonchev–Trinajstić information content (AvgIpc) is 3.03. The molecule has 23 heavy (non-hydrogen) atoms. The van der Waals surface area contributed by atoms with Gasteiger partial charge in [-0.1, -0.05) is 54.1 Å². The zero-order chi connectivity index (χ0) is 16.1. The Hall–Kier alpha value is -1.84. The lowest BCUT2D eigenvalue weighted by Crippen LogP contribution is -2.36. The summed E-state index contributed by atoms with van der Waals surface area (Å²) in [6, 6.07) is 18.4. The molecule has 1 fully saturated rings. The average molecular weight is 329 g/mol. The molecule has 1 saturated heterocycles. The normalized spacial score (nSPS) is 18.0. The number of carbonyl (C=O) groups is 1. The van der Waals surface area contributed by atoms with Crippen LogP contribution in [0.4, 0.5) is 0 Å². The third-order valence-electron chi connectivity index (χ3n) is 4.30.